The molecule has 1 aliphatic rings. The fourth-order valence-corrected chi connectivity index (χ4v) is 5.05. The highest BCUT2D eigenvalue weighted by molar-refractivity contribution is 5.95. The van der Waals surface area contributed by atoms with E-state index < -0.39 is 6.09 Å². The highest BCUT2D eigenvalue weighted by atomic mass is 16.5. The zero-order valence-corrected chi connectivity index (χ0v) is 25.8. The van der Waals surface area contributed by atoms with E-state index in [0.29, 0.717) is 41.0 Å². The Hall–Kier alpha value is -5.08. The lowest BCUT2D eigenvalue weighted by Gasteiger charge is -2.32. The minimum absolute atomic E-state index is 0.117. The van der Waals surface area contributed by atoms with Gasteiger partial charge in [-0.15, -0.1) is 0 Å². The summed E-state index contributed by atoms with van der Waals surface area (Å²) in [6.07, 6.45) is 4.52. The van der Waals surface area contributed by atoms with Crippen LogP contribution in [-0.2, 0) is 0 Å². The second-order valence-electron chi connectivity index (χ2n) is 10.3. The number of amides is 1. The molecule has 0 spiro atoms. The topological polar surface area (TPSA) is 140 Å². The van der Waals surface area contributed by atoms with Gasteiger partial charge in [-0.3, -0.25) is 0 Å². The molecule has 1 aliphatic heterocycles. The lowest BCUT2D eigenvalue weighted by atomic mass is 10.2. The van der Waals surface area contributed by atoms with Crippen molar-refractivity contribution < 1.29 is 28.8 Å². The molecule has 0 atom stereocenters. The van der Waals surface area contributed by atoms with E-state index in [0.717, 1.165) is 44.0 Å². The SMILES string of the molecule is COc1cc(-n2cccn2)ccc1N(C(=O)O)c1ccnc(Nc2cc(OC)c(OC)c(OCCCN3CCN(C)CC3)c2)n1. The maximum atomic E-state index is 12.5. The molecule has 0 saturated carbocycles. The molecule has 1 fully saturated rings. The van der Waals surface area contributed by atoms with Crippen molar-refractivity contribution in [1.29, 1.82) is 0 Å². The van der Waals surface area contributed by atoms with Crippen molar-refractivity contribution in [2.45, 2.75) is 6.42 Å². The number of carbonyl (C=O) groups is 1. The van der Waals surface area contributed by atoms with Gasteiger partial charge in [0.05, 0.1) is 39.3 Å². The quantitative estimate of drug-likeness (QED) is 0.207. The molecular formula is C31H38N8O6. The van der Waals surface area contributed by atoms with Gasteiger partial charge in [0.25, 0.3) is 0 Å². The third-order valence-corrected chi connectivity index (χ3v) is 7.41. The van der Waals surface area contributed by atoms with Crippen LogP contribution in [0.4, 0.5) is 27.9 Å². The van der Waals surface area contributed by atoms with E-state index in [1.54, 1.807) is 67.7 Å². The number of aromatic nitrogens is 4. The monoisotopic (exact) mass is 618 g/mol. The molecule has 4 aromatic rings. The summed E-state index contributed by atoms with van der Waals surface area (Å²) in [6, 6.07) is 11.9. The molecule has 238 valence electrons. The fraction of sp³-hybridized carbons (Fsp3) is 0.355. The number of anilines is 4. The standard InChI is InChI=1S/C31H38N8O6/c1-36-14-16-37(17-15-36)12-6-18-45-27-20-22(19-26(43-3)29(27)44-4)34-30-32-11-9-28(35-30)39(31(40)41)24-8-7-23(21-25(24)42-2)38-13-5-10-33-38/h5,7-11,13,19-21H,6,12,14-18H2,1-4H3,(H,40,41)(H,32,34,35). The van der Waals surface area contributed by atoms with Gasteiger partial charge >= 0.3 is 6.09 Å². The van der Waals surface area contributed by atoms with Crippen LogP contribution in [0.2, 0.25) is 0 Å². The van der Waals surface area contributed by atoms with Crippen LogP contribution in [0.3, 0.4) is 0 Å². The minimum Gasteiger partial charge on any atom is -0.494 e. The summed E-state index contributed by atoms with van der Waals surface area (Å²) in [6.45, 7) is 5.68. The predicted octanol–water partition coefficient (Wildman–Crippen LogP) is 4.26. The number of methoxy groups -OCH3 is 3. The van der Waals surface area contributed by atoms with Crippen molar-refractivity contribution in [1.82, 2.24) is 29.5 Å². The Balaban J connectivity index is 1.35. The summed E-state index contributed by atoms with van der Waals surface area (Å²) in [5.41, 5.74) is 1.56. The third kappa shape index (κ3) is 7.53. The molecule has 1 amide bonds. The van der Waals surface area contributed by atoms with Crippen LogP contribution >= 0.6 is 0 Å². The number of benzene rings is 2. The van der Waals surface area contributed by atoms with E-state index in [1.165, 1.54) is 19.4 Å². The normalized spacial score (nSPS) is 13.7. The zero-order valence-electron chi connectivity index (χ0n) is 25.8. The number of nitrogens with zero attached hydrogens (tertiary/aromatic N) is 7. The number of hydrogen-bond acceptors (Lipinski definition) is 11. The van der Waals surface area contributed by atoms with Gasteiger partial charge in [0, 0.05) is 81.3 Å². The Labute approximate surface area is 261 Å². The first kappa shape index (κ1) is 31.3. The largest absolute Gasteiger partial charge is 0.494 e. The second-order valence-corrected chi connectivity index (χ2v) is 10.3. The van der Waals surface area contributed by atoms with Crippen LogP contribution in [0, 0.1) is 0 Å². The maximum Gasteiger partial charge on any atom is 0.417 e. The number of likely N-dealkylation sites (N-methyl/N-ethyl adjacent to an activating group) is 1. The van der Waals surface area contributed by atoms with Crippen LogP contribution < -0.4 is 29.2 Å². The Morgan fingerprint density at radius 2 is 1.76 bits per heavy atom. The van der Waals surface area contributed by atoms with Crippen molar-refractivity contribution in [2.75, 3.05) is 77.9 Å². The summed E-state index contributed by atoms with van der Waals surface area (Å²) < 4.78 is 24.5. The molecule has 3 heterocycles. The van der Waals surface area contributed by atoms with Gasteiger partial charge in [-0.1, -0.05) is 0 Å². The second kappa shape index (κ2) is 14.6. The number of piperazine rings is 1. The van der Waals surface area contributed by atoms with Gasteiger partial charge in [0.15, 0.2) is 11.5 Å². The summed E-state index contributed by atoms with van der Waals surface area (Å²) in [7, 11) is 6.72. The molecule has 14 heteroatoms. The van der Waals surface area contributed by atoms with E-state index in [1.807, 2.05) is 0 Å². The average Bonchev–Trinajstić information content (AvgIpc) is 3.59. The summed E-state index contributed by atoms with van der Waals surface area (Å²) in [5.74, 6) is 2.04. The number of rotatable bonds is 13. The molecule has 2 aromatic carbocycles. The molecule has 2 aromatic heterocycles. The minimum atomic E-state index is -1.25. The van der Waals surface area contributed by atoms with Crippen molar-refractivity contribution in [3.05, 3.63) is 61.1 Å². The van der Waals surface area contributed by atoms with Gasteiger partial charge in [0.2, 0.25) is 11.7 Å². The Morgan fingerprint density at radius 3 is 2.44 bits per heavy atom. The lowest BCUT2D eigenvalue weighted by Crippen LogP contribution is -2.44. The Morgan fingerprint density at radius 1 is 0.978 bits per heavy atom. The first-order valence-electron chi connectivity index (χ1n) is 14.5. The van der Waals surface area contributed by atoms with E-state index in [-0.39, 0.29) is 17.5 Å². The van der Waals surface area contributed by atoms with Crippen molar-refractivity contribution in [3.63, 3.8) is 0 Å². The molecule has 0 bridgehead atoms. The summed E-state index contributed by atoms with van der Waals surface area (Å²) in [4.78, 5) is 27.1. The zero-order chi connectivity index (χ0) is 31.8. The molecule has 0 unspecified atom stereocenters. The van der Waals surface area contributed by atoms with E-state index >= 15 is 0 Å². The molecule has 5 rings (SSSR count). The van der Waals surface area contributed by atoms with E-state index in [9.17, 15) is 9.90 Å². The number of nitrogens with one attached hydrogen (secondary N) is 1. The van der Waals surface area contributed by atoms with Crippen molar-refractivity contribution in [2.24, 2.45) is 0 Å². The average molecular weight is 619 g/mol. The highest BCUT2D eigenvalue weighted by Crippen LogP contribution is 2.41. The smallest absolute Gasteiger partial charge is 0.417 e. The Bertz CT molecular complexity index is 1580. The molecule has 2 N–H and O–H groups in total. The predicted molar refractivity (Wildman–Crippen MR) is 169 cm³/mol. The first-order valence-corrected chi connectivity index (χ1v) is 14.5. The van der Waals surface area contributed by atoms with Gasteiger partial charge in [-0.25, -0.2) is 19.4 Å². The maximum absolute atomic E-state index is 12.5. The molecule has 1 saturated heterocycles. The van der Waals surface area contributed by atoms with Crippen LogP contribution in [-0.4, -0.2) is 108 Å². The van der Waals surface area contributed by atoms with E-state index in [4.69, 9.17) is 18.9 Å². The number of ether oxygens (including phenoxy) is 4. The van der Waals surface area contributed by atoms with Crippen LogP contribution in [0.25, 0.3) is 5.69 Å². The molecular weight excluding hydrogens is 580 g/mol. The fourth-order valence-electron chi connectivity index (χ4n) is 5.05. The first-order chi connectivity index (χ1) is 21.9. The van der Waals surface area contributed by atoms with Gasteiger partial charge in [0.1, 0.15) is 11.6 Å². The lowest BCUT2D eigenvalue weighted by molar-refractivity contribution is 0.145. The number of hydrogen-bond donors (Lipinski definition) is 2. The number of carboxylic acid groups (broad SMARTS) is 1. The van der Waals surface area contributed by atoms with Gasteiger partial charge < -0.3 is 39.2 Å². The van der Waals surface area contributed by atoms with Gasteiger partial charge in [-0.2, -0.15) is 10.1 Å². The van der Waals surface area contributed by atoms with Crippen molar-refractivity contribution in [3.8, 4) is 28.7 Å². The molecule has 0 aliphatic carbocycles. The summed E-state index contributed by atoms with van der Waals surface area (Å²) >= 11 is 0. The molecule has 45 heavy (non-hydrogen) atoms. The van der Waals surface area contributed by atoms with Crippen LogP contribution in [0.15, 0.2) is 61.1 Å². The van der Waals surface area contributed by atoms with Crippen LogP contribution in [0.1, 0.15) is 6.42 Å². The summed E-state index contributed by atoms with van der Waals surface area (Å²) in [5, 5.41) is 17.6. The van der Waals surface area contributed by atoms with E-state index in [2.05, 4.69) is 37.2 Å². The highest BCUT2D eigenvalue weighted by Gasteiger charge is 2.24. The Kier molecular flexibility index (Phi) is 10.2. The van der Waals surface area contributed by atoms with Gasteiger partial charge in [-0.05, 0) is 31.7 Å². The molecule has 0 radical (unpaired) electrons. The van der Waals surface area contributed by atoms with Crippen molar-refractivity contribution >= 4 is 29.2 Å². The third-order valence-electron chi connectivity index (χ3n) is 7.41. The van der Waals surface area contributed by atoms with Crippen LogP contribution in [0.5, 0.6) is 23.0 Å². The molecule has 14 nitrogen and oxygen atoms in total.